The summed E-state index contributed by atoms with van der Waals surface area (Å²) in [5.74, 6) is -0.904. The normalized spacial score (nSPS) is 10.7. The second-order valence-corrected chi connectivity index (χ2v) is 9.86. The van der Waals surface area contributed by atoms with Crippen molar-refractivity contribution in [3.63, 3.8) is 0 Å². The van der Waals surface area contributed by atoms with Crippen LogP contribution in [0.5, 0.6) is 17.2 Å². The summed E-state index contributed by atoms with van der Waals surface area (Å²) in [4.78, 5) is 64.4. The summed E-state index contributed by atoms with van der Waals surface area (Å²) in [6.45, 7) is 0.589. The second-order valence-electron chi connectivity index (χ2n) is 9.86. The van der Waals surface area contributed by atoms with E-state index in [1.807, 2.05) is 4.90 Å². The van der Waals surface area contributed by atoms with E-state index in [0.717, 1.165) is 18.2 Å². The first kappa shape index (κ1) is 36.9. The number of para-hydroxylation sites is 3. The SMILES string of the molecule is O=[N+]([O-])c1cccc(OCCCN(CCCOc2cccc([N+](=O)[O-])c2[N+](=O)[O-])CCCOc2cccc([N+](=O)[O-])c2[N+](=O)[O-])c1[N+](=O)[O-]. The van der Waals surface area contributed by atoms with E-state index in [9.17, 15) is 60.7 Å². The fourth-order valence-electron chi connectivity index (χ4n) is 4.62. The Hall–Kier alpha value is -6.58. The maximum absolute atomic E-state index is 11.5. The van der Waals surface area contributed by atoms with Crippen LogP contribution in [-0.2, 0) is 0 Å². The molecule has 0 heterocycles. The monoisotopic (exact) mass is 689 g/mol. The summed E-state index contributed by atoms with van der Waals surface area (Å²) in [5, 5.41) is 68.0. The largest absolute Gasteiger partial charge is 0.487 e. The van der Waals surface area contributed by atoms with Crippen LogP contribution in [0.2, 0.25) is 0 Å². The molecule has 3 aromatic rings. The Bertz CT molecular complexity index is 1540. The summed E-state index contributed by atoms with van der Waals surface area (Å²) < 4.78 is 16.4. The molecule has 0 aromatic heterocycles. The fraction of sp³-hybridized carbons (Fsp3) is 0.333. The molecule has 0 radical (unpaired) electrons. The second kappa shape index (κ2) is 17.4. The lowest BCUT2D eigenvalue weighted by atomic mass is 10.2. The van der Waals surface area contributed by atoms with Crippen LogP contribution >= 0.6 is 0 Å². The van der Waals surface area contributed by atoms with Gasteiger partial charge >= 0.3 is 34.1 Å². The fourth-order valence-corrected chi connectivity index (χ4v) is 4.62. The van der Waals surface area contributed by atoms with Crippen molar-refractivity contribution in [3.05, 3.63) is 115 Å². The molecule has 0 atom stereocenters. The van der Waals surface area contributed by atoms with Crippen molar-refractivity contribution in [1.29, 1.82) is 0 Å². The number of nitro groups is 6. The topological polar surface area (TPSA) is 290 Å². The number of rotatable bonds is 21. The predicted molar refractivity (Wildman–Crippen MR) is 166 cm³/mol. The molecule has 0 N–H and O–H groups in total. The molecule has 0 fully saturated rings. The van der Waals surface area contributed by atoms with Crippen molar-refractivity contribution in [1.82, 2.24) is 4.90 Å². The first-order valence-corrected chi connectivity index (χ1v) is 14.2. The van der Waals surface area contributed by atoms with Gasteiger partial charge in [-0.2, -0.15) is 0 Å². The first-order valence-electron chi connectivity index (χ1n) is 14.2. The third-order valence-corrected chi connectivity index (χ3v) is 6.70. The van der Waals surface area contributed by atoms with Gasteiger partial charge in [0.1, 0.15) is 0 Å². The Morgan fingerprint density at radius 1 is 0.429 bits per heavy atom. The van der Waals surface area contributed by atoms with Crippen LogP contribution in [0.1, 0.15) is 19.3 Å². The van der Waals surface area contributed by atoms with E-state index in [4.69, 9.17) is 14.2 Å². The van der Waals surface area contributed by atoms with E-state index < -0.39 is 63.7 Å². The first-order chi connectivity index (χ1) is 23.3. The van der Waals surface area contributed by atoms with Gasteiger partial charge in [-0.15, -0.1) is 0 Å². The summed E-state index contributed by atoms with van der Waals surface area (Å²) in [5.41, 5.74) is -4.62. The third-order valence-electron chi connectivity index (χ3n) is 6.70. The highest BCUT2D eigenvalue weighted by molar-refractivity contribution is 5.63. The highest BCUT2D eigenvalue weighted by Gasteiger charge is 2.31. The Morgan fingerprint density at radius 3 is 0.918 bits per heavy atom. The Balaban J connectivity index is 1.66. The standard InChI is InChI=1S/C27H27N7O15/c35-29(36)19-7-1-10-22(25(19)32(41)42)47-16-4-13-28(14-5-17-48-23-11-2-8-20(30(37)38)26(23)33(43)44)15-6-18-49-24-12-3-9-21(31(39)40)27(24)34(45)46/h1-3,7-12H,4-6,13-18H2. The van der Waals surface area contributed by atoms with E-state index >= 15 is 0 Å². The van der Waals surface area contributed by atoms with E-state index in [1.54, 1.807) is 0 Å². The lowest BCUT2D eigenvalue weighted by molar-refractivity contribution is -0.423. The smallest absolute Gasteiger partial charge is 0.387 e. The number of benzene rings is 3. The maximum atomic E-state index is 11.5. The number of hydrogen-bond acceptors (Lipinski definition) is 16. The van der Waals surface area contributed by atoms with Gasteiger partial charge < -0.3 is 19.1 Å². The lowest BCUT2D eigenvalue weighted by Gasteiger charge is -2.22. The molecular weight excluding hydrogens is 662 g/mol. The Kier molecular flexibility index (Phi) is 13.1. The van der Waals surface area contributed by atoms with Crippen LogP contribution in [0, 0.1) is 60.7 Å². The summed E-state index contributed by atoms with van der Waals surface area (Å²) >= 11 is 0. The quantitative estimate of drug-likeness (QED) is 0.0793. The number of nitro benzene ring substituents is 6. The van der Waals surface area contributed by atoms with Gasteiger partial charge in [-0.25, -0.2) is 0 Å². The highest BCUT2D eigenvalue weighted by Crippen LogP contribution is 2.38. The van der Waals surface area contributed by atoms with Crippen molar-refractivity contribution in [3.8, 4) is 17.2 Å². The van der Waals surface area contributed by atoms with Crippen molar-refractivity contribution < 1.29 is 43.8 Å². The molecule has 0 spiro atoms. The van der Waals surface area contributed by atoms with Crippen LogP contribution in [0.25, 0.3) is 0 Å². The number of nitrogens with zero attached hydrogens (tertiary/aromatic N) is 7. The van der Waals surface area contributed by atoms with E-state index in [1.165, 1.54) is 36.4 Å². The molecule has 3 aromatic carbocycles. The molecule has 0 aliphatic rings. The van der Waals surface area contributed by atoms with E-state index in [2.05, 4.69) is 0 Å². The zero-order valence-corrected chi connectivity index (χ0v) is 25.3. The van der Waals surface area contributed by atoms with Crippen LogP contribution < -0.4 is 14.2 Å². The molecule has 0 saturated heterocycles. The third kappa shape index (κ3) is 9.95. The zero-order chi connectivity index (χ0) is 36.1. The molecule has 260 valence electrons. The maximum Gasteiger partial charge on any atom is 0.387 e. The van der Waals surface area contributed by atoms with Crippen LogP contribution in [0.3, 0.4) is 0 Å². The van der Waals surface area contributed by atoms with Crippen molar-refractivity contribution in [2.75, 3.05) is 39.5 Å². The Morgan fingerprint density at radius 2 is 0.694 bits per heavy atom. The minimum Gasteiger partial charge on any atom is -0.487 e. The molecule has 0 amide bonds. The summed E-state index contributed by atoms with van der Waals surface area (Å²) in [6.07, 6.45) is 0.775. The number of ether oxygens (including phenoxy) is 3. The minimum atomic E-state index is -0.919. The van der Waals surface area contributed by atoms with Crippen molar-refractivity contribution in [2.24, 2.45) is 0 Å². The molecule has 0 bridgehead atoms. The molecule has 0 unspecified atom stereocenters. The van der Waals surface area contributed by atoms with Gasteiger partial charge in [0.2, 0.25) is 17.2 Å². The molecule has 22 nitrogen and oxygen atoms in total. The van der Waals surface area contributed by atoms with Gasteiger partial charge in [0.05, 0.1) is 49.4 Å². The zero-order valence-electron chi connectivity index (χ0n) is 25.3. The average molecular weight is 690 g/mol. The molecule has 0 aliphatic carbocycles. The summed E-state index contributed by atoms with van der Waals surface area (Å²) in [7, 11) is 0. The molecule has 0 aliphatic heterocycles. The van der Waals surface area contributed by atoms with Gasteiger partial charge in [-0.1, -0.05) is 18.2 Å². The van der Waals surface area contributed by atoms with E-state index in [-0.39, 0.29) is 76.0 Å². The molecule has 3 rings (SSSR count). The predicted octanol–water partition coefficient (Wildman–Crippen LogP) is 5.14. The van der Waals surface area contributed by atoms with Gasteiger partial charge in [-0.05, 0) is 37.5 Å². The minimum absolute atomic E-state index is 0.0920. The van der Waals surface area contributed by atoms with Gasteiger partial charge in [-0.3, -0.25) is 60.7 Å². The van der Waals surface area contributed by atoms with Crippen LogP contribution in [-0.4, -0.2) is 73.9 Å². The molecule has 49 heavy (non-hydrogen) atoms. The van der Waals surface area contributed by atoms with Gasteiger partial charge in [0, 0.05) is 37.8 Å². The Labute approximate surface area is 274 Å². The average Bonchev–Trinajstić information content (AvgIpc) is 3.05. The summed E-state index contributed by atoms with van der Waals surface area (Å²) in [6, 6.07) is 10.3. The van der Waals surface area contributed by atoms with Crippen LogP contribution in [0.15, 0.2) is 54.6 Å². The molecule has 22 heteroatoms. The highest BCUT2D eigenvalue weighted by atomic mass is 16.7. The van der Waals surface area contributed by atoms with Crippen molar-refractivity contribution >= 4 is 34.1 Å². The van der Waals surface area contributed by atoms with Gasteiger partial charge in [0.25, 0.3) is 0 Å². The number of hydrogen-bond donors (Lipinski definition) is 0. The lowest BCUT2D eigenvalue weighted by Crippen LogP contribution is -2.30. The van der Waals surface area contributed by atoms with Crippen LogP contribution in [0.4, 0.5) is 34.1 Å². The van der Waals surface area contributed by atoms with Gasteiger partial charge in [0.15, 0.2) is 0 Å². The molecular formula is C27H27N7O15. The van der Waals surface area contributed by atoms with E-state index in [0.29, 0.717) is 0 Å². The molecule has 0 saturated carbocycles. The van der Waals surface area contributed by atoms with Crippen molar-refractivity contribution in [2.45, 2.75) is 19.3 Å².